The van der Waals surface area contributed by atoms with Gasteiger partial charge >= 0.3 is 12.2 Å². The van der Waals surface area contributed by atoms with E-state index < -0.39 is 23.0 Å². The van der Waals surface area contributed by atoms with E-state index in [1.165, 1.54) is 27.8 Å². The Bertz CT molecular complexity index is 3710. The first-order valence-corrected chi connectivity index (χ1v) is 35.8. The lowest BCUT2D eigenvalue weighted by molar-refractivity contribution is -0.118. The second-order valence-corrected chi connectivity index (χ2v) is 27.1. The Kier molecular flexibility index (Phi) is 54.5. The summed E-state index contributed by atoms with van der Waals surface area (Å²) in [6.07, 6.45) is 15.8. The van der Waals surface area contributed by atoms with Crippen LogP contribution in [0, 0.1) is 5.41 Å². The first-order valence-electron chi connectivity index (χ1n) is 33.8. The number of guanidine groups is 1. The fourth-order valence-corrected chi connectivity index (χ4v) is 9.23. The first kappa shape index (κ1) is 104. The number of ether oxygens (including phenoxy) is 2. The van der Waals surface area contributed by atoms with Crippen molar-refractivity contribution in [1.29, 1.82) is 5.41 Å². The number of amidine groups is 1. The lowest BCUT2D eigenvalue weighted by Crippen LogP contribution is -2.38. The molecule has 2 heterocycles. The Hall–Kier alpha value is -8.44. The van der Waals surface area contributed by atoms with E-state index in [1.54, 1.807) is 6.26 Å². The number of carbonyl (C=O) groups excluding carboxylic acids is 7. The van der Waals surface area contributed by atoms with Crippen LogP contribution in [0.5, 0.6) is 0 Å². The molecule has 108 heavy (non-hydrogen) atoms. The van der Waals surface area contributed by atoms with E-state index in [0.717, 1.165) is 119 Å². The molecule has 600 valence electrons. The molecule has 25 N–H and O–H groups in total. The third kappa shape index (κ3) is 49.5. The highest BCUT2D eigenvalue weighted by atomic mass is 127. The van der Waals surface area contributed by atoms with Crippen LogP contribution in [0.15, 0.2) is 102 Å². The number of halogens is 6. The van der Waals surface area contributed by atoms with Gasteiger partial charge in [-0.25, -0.2) is 29.5 Å². The van der Waals surface area contributed by atoms with Crippen LogP contribution in [0.2, 0.25) is 10.3 Å². The number of thioether (sulfide) groups is 1. The predicted octanol–water partition coefficient (Wildman–Crippen LogP) is 10.4. The Labute approximate surface area is 683 Å². The van der Waals surface area contributed by atoms with E-state index in [9.17, 15) is 33.6 Å². The van der Waals surface area contributed by atoms with Crippen LogP contribution in [0.3, 0.4) is 0 Å². The van der Waals surface area contributed by atoms with Crippen molar-refractivity contribution in [2.75, 3.05) is 61.1 Å². The number of aryl methyl sites for hydroxylation is 7. The number of unbranched alkanes of at least 4 members (excludes halogenated alkanes) is 4. The van der Waals surface area contributed by atoms with Gasteiger partial charge in [0.1, 0.15) is 11.2 Å². The number of hydrogen-bond donors (Lipinski definition) is 15. The monoisotopic (exact) mass is 1730 g/mol. The zero-order valence-electron chi connectivity index (χ0n) is 62.3. The number of rotatable bonds is 30. The van der Waals surface area contributed by atoms with Crippen LogP contribution in [0.1, 0.15) is 172 Å². The standard InChI is InChI=1S/C19H25ClN8O2.C18H28N2O3.C15H24N2O2.C13H20N2O.C7H9ClN6OS.3ClH.HI/c20-15-17(23)27-16(22)14(26-15)18(30)28-19(24)25-10-2-1-3-11-4-6-12(7-5-11)8-9-13(21)29;1-18(2,3)23-17(22)20-13-5-4-6-14-7-9-15(10-8-14)11-12-16(19)21;1-15(2,3)19-14(18)17-11-5-4-6-12-7-9-13(16)10-8-12;14-10-2-1-3-11-4-6-12(7-5-11)8-9-13(15)16;1-16-7(11)14-6(15)2-4(9)13-5(10)3(8)12-2;;;;/h4-7H,1-3,8-10H2,(H2,21,29)(H4,22,23,27)(H3,24,25,28,30);7-10H,4-6,11-13H2,1-3H3,(H2,19,21)(H,20,22);7-10H,4-6,11,16H2,1-3H3,(H,17,18);4-7H,1-3,8-10,14H2,(H2,15,16);1H3,(H4,9,10,13)(H2,11,14,15);4*1H. The molecule has 0 spiro atoms. The Morgan fingerprint density at radius 2 is 0.750 bits per heavy atom. The topological polar surface area (TPSA) is 534 Å². The number of aromatic nitrogens is 4. The number of carbonyl (C=O) groups is 7. The largest absolute Gasteiger partial charge is 0.444 e. The van der Waals surface area contributed by atoms with Crippen LogP contribution in [-0.2, 0) is 68.8 Å². The molecule has 0 aliphatic rings. The van der Waals surface area contributed by atoms with E-state index >= 15 is 0 Å². The van der Waals surface area contributed by atoms with Crippen molar-refractivity contribution >= 4 is 178 Å². The average Bonchev–Trinajstić information content (AvgIpc) is 0.840. The molecule has 7 amide bonds. The maximum atomic E-state index is 12.1. The fraction of sp³-hybridized carbons (Fsp3) is 0.431. The summed E-state index contributed by atoms with van der Waals surface area (Å²) in [6.45, 7) is 13.6. The molecular formula is C72H110Cl5IN20O9S. The van der Waals surface area contributed by atoms with E-state index in [1.807, 2.05) is 102 Å². The van der Waals surface area contributed by atoms with Crippen molar-refractivity contribution in [3.63, 3.8) is 0 Å². The molecule has 0 saturated carbocycles. The van der Waals surface area contributed by atoms with Crippen molar-refractivity contribution in [3.8, 4) is 0 Å². The predicted molar refractivity (Wildman–Crippen MR) is 454 cm³/mol. The highest BCUT2D eigenvalue weighted by molar-refractivity contribution is 14.0. The first-order chi connectivity index (χ1) is 49.1. The van der Waals surface area contributed by atoms with Gasteiger partial charge in [0.25, 0.3) is 11.8 Å². The van der Waals surface area contributed by atoms with E-state index in [-0.39, 0.29) is 147 Å². The van der Waals surface area contributed by atoms with Crippen molar-refractivity contribution in [1.82, 2.24) is 41.2 Å². The maximum Gasteiger partial charge on any atom is 0.407 e. The molecule has 0 radical (unpaired) electrons. The van der Waals surface area contributed by atoms with Gasteiger partial charge in [-0.15, -0.1) is 61.2 Å². The van der Waals surface area contributed by atoms with Crippen LogP contribution < -0.4 is 78.6 Å². The van der Waals surface area contributed by atoms with Gasteiger partial charge in [-0.2, -0.15) is 0 Å². The second kappa shape index (κ2) is 56.8. The third-order valence-corrected chi connectivity index (χ3v) is 15.2. The number of alkyl carbamates (subject to hydrolysis) is 2. The minimum Gasteiger partial charge on any atom is -0.444 e. The Morgan fingerprint density at radius 3 is 1.06 bits per heavy atom. The summed E-state index contributed by atoms with van der Waals surface area (Å²) in [4.78, 5) is 97.7. The van der Waals surface area contributed by atoms with Gasteiger partial charge in [0.05, 0.1) is 0 Å². The molecular weight excluding hydrogens is 1630 g/mol. The normalized spacial score (nSPS) is 10.4. The van der Waals surface area contributed by atoms with Gasteiger partial charge in [-0.3, -0.25) is 39.7 Å². The molecule has 36 heteroatoms. The van der Waals surface area contributed by atoms with Gasteiger partial charge in [-0.1, -0.05) is 120 Å². The molecule has 29 nitrogen and oxygen atoms in total. The highest BCUT2D eigenvalue weighted by Gasteiger charge is 2.20. The lowest BCUT2D eigenvalue weighted by atomic mass is 10.0. The number of hydrogen-bond acceptors (Lipinski definition) is 22. The van der Waals surface area contributed by atoms with Gasteiger partial charge in [0, 0.05) is 44.6 Å². The number of nitrogens with zero attached hydrogens (tertiary/aromatic N) is 5. The second-order valence-electron chi connectivity index (χ2n) is 25.5. The molecule has 0 atom stereocenters. The maximum absolute atomic E-state index is 12.1. The van der Waals surface area contributed by atoms with Crippen molar-refractivity contribution in [2.24, 2.45) is 33.7 Å². The SMILES string of the molecule is CC(C)(C)OC(=O)NCCCCc1ccc(CCC(N)=O)cc1.CC(C)(C)OC(=O)NCCCCc1ccc(N)cc1.CSC(=N)NC(=O)c1nc(Cl)c(N)nc1N.Cl.Cl.Cl.I.NC(=O)CCc1ccc(CCCCN=C(N)NC(=O)c2nc(Cl)c(N)nc2N)cc1.NCCCCc1ccc(CCC(N)=O)cc1. The third-order valence-electron chi connectivity index (χ3n) is 14.1. The van der Waals surface area contributed by atoms with Gasteiger partial charge in [0.2, 0.25) is 17.7 Å². The van der Waals surface area contributed by atoms with E-state index in [0.29, 0.717) is 51.7 Å². The number of benzene rings is 4. The summed E-state index contributed by atoms with van der Waals surface area (Å²) in [5.74, 6) is -2.57. The van der Waals surface area contributed by atoms with Crippen LogP contribution >= 0.6 is 96.2 Å². The number of nitrogens with two attached hydrogens (primary N) is 10. The molecule has 0 aliphatic carbocycles. The van der Waals surface area contributed by atoms with Crippen LogP contribution in [-0.4, -0.2) is 116 Å². The number of primary amides is 3. The smallest absolute Gasteiger partial charge is 0.407 e. The number of nitrogen functional groups attached to an aromatic ring is 5. The molecule has 4 aromatic carbocycles. The van der Waals surface area contributed by atoms with Gasteiger partial charge < -0.3 is 82.8 Å². The number of amides is 7. The Morgan fingerprint density at radius 1 is 0.454 bits per heavy atom. The highest BCUT2D eigenvalue weighted by Crippen LogP contribution is 2.20. The Balaban J connectivity index is -0.00000129. The van der Waals surface area contributed by atoms with Crippen molar-refractivity contribution in [3.05, 3.63) is 158 Å². The summed E-state index contributed by atoms with van der Waals surface area (Å²) in [6, 6.07) is 32.6. The van der Waals surface area contributed by atoms with E-state index in [2.05, 4.69) is 82.6 Å². The average molecular weight is 1740 g/mol. The number of aliphatic imine (C=N–C) groups is 1. The molecule has 6 aromatic rings. The molecule has 0 aliphatic heterocycles. The molecule has 2 aromatic heterocycles. The zero-order valence-corrected chi connectivity index (χ0v) is 69.4. The zero-order chi connectivity index (χ0) is 77.8. The summed E-state index contributed by atoms with van der Waals surface area (Å²) < 4.78 is 10.3. The number of nitrogens with one attached hydrogen (secondary N) is 5. The van der Waals surface area contributed by atoms with Gasteiger partial charge in [-0.05, 0) is 202 Å². The summed E-state index contributed by atoms with van der Waals surface area (Å²) in [5.41, 5.74) is 62.1. The minimum absolute atomic E-state index is 0. The van der Waals surface area contributed by atoms with E-state index in [4.69, 9.17) is 95.4 Å². The molecule has 0 unspecified atom stereocenters. The fourth-order valence-electron chi connectivity index (χ4n) is 8.78. The molecule has 0 saturated heterocycles. The molecule has 6 rings (SSSR count). The quantitative estimate of drug-likeness (QED) is 0.00655. The minimum atomic E-state index is -0.667. The summed E-state index contributed by atoms with van der Waals surface area (Å²) in [7, 11) is 0. The van der Waals surface area contributed by atoms with Crippen LogP contribution in [0.25, 0.3) is 0 Å². The van der Waals surface area contributed by atoms with Crippen LogP contribution in [0.4, 0.5) is 38.5 Å². The van der Waals surface area contributed by atoms with Crippen molar-refractivity contribution in [2.45, 2.75) is 168 Å². The van der Waals surface area contributed by atoms with Gasteiger partial charge in [0.15, 0.2) is 56.1 Å². The summed E-state index contributed by atoms with van der Waals surface area (Å²) >= 11 is 12.4. The summed E-state index contributed by atoms with van der Waals surface area (Å²) in [5, 5.41) is 17.2. The molecule has 0 fully saturated rings. The number of anilines is 5. The lowest BCUT2D eigenvalue weighted by Gasteiger charge is -2.19. The van der Waals surface area contributed by atoms with Crippen molar-refractivity contribution < 1.29 is 43.0 Å². The molecule has 0 bridgehead atoms.